The molecule has 0 spiro atoms. The van der Waals surface area contributed by atoms with E-state index in [4.69, 9.17) is 0 Å². The van der Waals surface area contributed by atoms with Gasteiger partial charge in [0.25, 0.3) is 0 Å². The monoisotopic (exact) mass is 221 g/mol. The van der Waals surface area contributed by atoms with Crippen molar-refractivity contribution in [2.75, 3.05) is 6.26 Å². The Bertz CT molecular complexity index is 334. The molecule has 80 valence electrons. The predicted octanol–water partition coefficient (Wildman–Crippen LogP) is 2.81. The zero-order valence-corrected chi connectivity index (χ0v) is 9.93. The normalized spacial score (nSPS) is 23.8. The first-order chi connectivity index (χ1) is 7.29. The fourth-order valence-corrected chi connectivity index (χ4v) is 4.07. The van der Waals surface area contributed by atoms with E-state index < -0.39 is 0 Å². The van der Waals surface area contributed by atoms with E-state index in [0.29, 0.717) is 11.0 Å². The van der Waals surface area contributed by atoms with Crippen molar-refractivity contribution >= 4 is 16.7 Å². The zero-order chi connectivity index (χ0) is 10.7. The maximum atomic E-state index is 11.8. The van der Waals surface area contributed by atoms with Gasteiger partial charge in [-0.2, -0.15) is 0 Å². The van der Waals surface area contributed by atoms with Crippen LogP contribution in [0.3, 0.4) is 0 Å². The van der Waals surface area contributed by atoms with Gasteiger partial charge in [-0.15, -0.1) is 0 Å². The lowest BCUT2D eigenvalue weighted by Crippen LogP contribution is -2.32. The van der Waals surface area contributed by atoms with Crippen LogP contribution in [0.1, 0.15) is 25.7 Å². The van der Waals surface area contributed by atoms with E-state index in [1.54, 1.807) is 0 Å². The Labute approximate surface area is 94.2 Å². The van der Waals surface area contributed by atoms with Gasteiger partial charge in [0.1, 0.15) is 6.26 Å². The Morgan fingerprint density at radius 3 is 2.60 bits per heavy atom. The van der Waals surface area contributed by atoms with Crippen LogP contribution in [0.25, 0.3) is 0 Å². The molecule has 1 aliphatic carbocycles. The van der Waals surface area contributed by atoms with Gasteiger partial charge in [-0.3, -0.25) is 4.79 Å². The van der Waals surface area contributed by atoms with Crippen LogP contribution >= 0.6 is 0 Å². The van der Waals surface area contributed by atoms with Gasteiger partial charge in [-0.05, 0) is 25.0 Å². The number of Topliss-reactive ketones (excluding diaryl/α,β-unsaturated/α-hetero) is 1. The molecule has 0 radical (unpaired) electrons. The van der Waals surface area contributed by atoms with Crippen molar-refractivity contribution in [3.8, 4) is 0 Å². The molecule has 0 N–H and O–H groups in total. The zero-order valence-electron chi connectivity index (χ0n) is 9.11. The number of carbonyl (C=O) groups is 1. The van der Waals surface area contributed by atoms with Crippen molar-refractivity contribution in [2.45, 2.75) is 35.8 Å². The van der Waals surface area contributed by atoms with Crippen LogP contribution in [0, 0.1) is 0 Å². The summed E-state index contributed by atoms with van der Waals surface area (Å²) < 4.78 is 0. The van der Waals surface area contributed by atoms with E-state index in [1.807, 2.05) is 6.07 Å². The summed E-state index contributed by atoms with van der Waals surface area (Å²) in [5.41, 5.74) is 0. The fourth-order valence-electron chi connectivity index (χ4n) is 2.12. The van der Waals surface area contributed by atoms with Crippen molar-refractivity contribution < 1.29 is 4.79 Å². The number of hydrogen-bond donors (Lipinski definition) is 0. The van der Waals surface area contributed by atoms with Crippen LogP contribution in [0.5, 0.6) is 0 Å². The lowest BCUT2D eigenvalue weighted by Gasteiger charge is -2.19. The van der Waals surface area contributed by atoms with Gasteiger partial charge in [0, 0.05) is 23.7 Å². The highest BCUT2D eigenvalue weighted by Gasteiger charge is 2.36. The average Bonchev–Trinajstić information content (AvgIpc) is 2.30. The lowest BCUT2D eigenvalue weighted by atomic mass is 9.99. The third-order valence-electron chi connectivity index (χ3n) is 3.04. The molecule has 1 fully saturated rings. The summed E-state index contributed by atoms with van der Waals surface area (Å²) in [4.78, 5) is 13.1. The number of carbonyl (C=O) groups excluding carboxylic acids is 1. The Kier molecular flexibility index (Phi) is 3.47. The van der Waals surface area contributed by atoms with E-state index in [2.05, 4.69) is 30.5 Å². The molecule has 1 aromatic rings. The van der Waals surface area contributed by atoms with Crippen molar-refractivity contribution in [2.24, 2.45) is 0 Å². The molecule has 1 nitrogen and oxygen atoms in total. The van der Waals surface area contributed by atoms with Crippen LogP contribution < -0.4 is 0 Å². The number of rotatable bonds is 2. The van der Waals surface area contributed by atoms with E-state index >= 15 is 0 Å². The first-order valence-electron chi connectivity index (χ1n) is 5.51. The predicted molar refractivity (Wildman–Crippen MR) is 65.3 cm³/mol. The van der Waals surface area contributed by atoms with Crippen molar-refractivity contribution in [3.63, 3.8) is 0 Å². The van der Waals surface area contributed by atoms with Gasteiger partial charge in [0.05, 0.1) is 0 Å². The molecule has 2 unspecified atom stereocenters. The summed E-state index contributed by atoms with van der Waals surface area (Å²) in [6.07, 6.45) is 6.42. The summed E-state index contributed by atoms with van der Waals surface area (Å²) in [7, 11) is 0.101. The molecular formula is C13H17OS+. The maximum Gasteiger partial charge on any atom is 0.185 e. The molecule has 1 aromatic carbocycles. The summed E-state index contributed by atoms with van der Waals surface area (Å²) in [5, 5.41) is 0.293. The van der Waals surface area contributed by atoms with E-state index in [-0.39, 0.29) is 10.9 Å². The third-order valence-corrected chi connectivity index (χ3v) is 5.41. The molecule has 0 amide bonds. The molecule has 1 saturated carbocycles. The largest absolute Gasteiger partial charge is 0.294 e. The molecule has 0 aromatic heterocycles. The average molecular weight is 221 g/mol. The summed E-state index contributed by atoms with van der Waals surface area (Å²) >= 11 is 0. The maximum absolute atomic E-state index is 11.8. The quantitative estimate of drug-likeness (QED) is 0.702. The second kappa shape index (κ2) is 4.84. The summed E-state index contributed by atoms with van der Waals surface area (Å²) in [5.74, 6) is 0.482. The molecule has 0 saturated heterocycles. The Hall–Kier alpha value is -0.760. The minimum Gasteiger partial charge on any atom is -0.294 e. The first-order valence-corrected chi connectivity index (χ1v) is 7.21. The van der Waals surface area contributed by atoms with Gasteiger partial charge >= 0.3 is 0 Å². The Balaban J connectivity index is 2.13. The third kappa shape index (κ3) is 2.43. The molecular weight excluding hydrogens is 204 g/mol. The standard InChI is InChI=1S/C13H17OS/c1-15(11-7-3-2-4-8-11)13-10-6-5-9-12(13)14/h2-4,7-8,13H,5-6,9-10H2,1H3/q+1. The minimum absolute atomic E-state index is 0.101. The van der Waals surface area contributed by atoms with Crippen molar-refractivity contribution in [1.82, 2.24) is 0 Å². The van der Waals surface area contributed by atoms with E-state index in [9.17, 15) is 4.79 Å². The van der Waals surface area contributed by atoms with Crippen LogP contribution in [0.15, 0.2) is 35.2 Å². The van der Waals surface area contributed by atoms with Gasteiger partial charge in [0.2, 0.25) is 0 Å². The van der Waals surface area contributed by atoms with Crippen LogP contribution in [0.4, 0.5) is 0 Å². The topological polar surface area (TPSA) is 17.1 Å². The van der Waals surface area contributed by atoms with Crippen LogP contribution in [-0.2, 0) is 15.7 Å². The Morgan fingerprint density at radius 1 is 1.20 bits per heavy atom. The molecule has 0 aliphatic heterocycles. The van der Waals surface area contributed by atoms with E-state index in [0.717, 1.165) is 19.3 Å². The second-order valence-corrected chi connectivity index (χ2v) is 6.23. The molecule has 1 aliphatic rings. The molecule has 2 rings (SSSR count). The molecule has 0 heterocycles. The van der Waals surface area contributed by atoms with Crippen LogP contribution in [0.2, 0.25) is 0 Å². The number of benzene rings is 1. The highest BCUT2D eigenvalue weighted by Crippen LogP contribution is 2.26. The fraction of sp³-hybridized carbons (Fsp3) is 0.462. The van der Waals surface area contributed by atoms with Gasteiger partial charge in [-0.25, -0.2) is 0 Å². The molecule has 2 heteroatoms. The Morgan fingerprint density at radius 2 is 1.93 bits per heavy atom. The van der Waals surface area contributed by atoms with Gasteiger partial charge < -0.3 is 0 Å². The van der Waals surface area contributed by atoms with Crippen molar-refractivity contribution in [1.29, 1.82) is 0 Å². The SMILES string of the molecule is C[S+](c1ccccc1)C1CCCCC1=O. The van der Waals surface area contributed by atoms with Crippen molar-refractivity contribution in [3.05, 3.63) is 30.3 Å². The highest BCUT2D eigenvalue weighted by atomic mass is 32.2. The molecule has 15 heavy (non-hydrogen) atoms. The smallest absolute Gasteiger partial charge is 0.185 e. The van der Waals surface area contributed by atoms with E-state index in [1.165, 1.54) is 11.3 Å². The highest BCUT2D eigenvalue weighted by molar-refractivity contribution is 7.97. The number of hydrogen-bond acceptors (Lipinski definition) is 1. The van der Waals surface area contributed by atoms with Crippen LogP contribution in [-0.4, -0.2) is 17.3 Å². The summed E-state index contributed by atoms with van der Waals surface area (Å²) in [6, 6.07) is 10.4. The first kappa shape index (κ1) is 10.7. The molecule has 0 bridgehead atoms. The molecule has 2 atom stereocenters. The summed E-state index contributed by atoms with van der Waals surface area (Å²) in [6.45, 7) is 0. The lowest BCUT2D eigenvalue weighted by molar-refractivity contribution is -0.119. The van der Waals surface area contributed by atoms with Gasteiger partial charge in [-0.1, -0.05) is 18.2 Å². The second-order valence-electron chi connectivity index (χ2n) is 4.07. The number of ketones is 1. The van der Waals surface area contributed by atoms with Gasteiger partial charge in [0.15, 0.2) is 15.9 Å². The minimum atomic E-state index is 0.101.